The van der Waals surface area contributed by atoms with Crippen molar-refractivity contribution in [2.45, 2.75) is 50.7 Å². The van der Waals surface area contributed by atoms with E-state index in [0.717, 1.165) is 32.1 Å². The molecule has 2 aromatic heterocycles. The summed E-state index contributed by atoms with van der Waals surface area (Å²) in [6, 6.07) is 5.32. The first-order valence-corrected chi connectivity index (χ1v) is 8.11. The lowest BCUT2D eigenvalue weighted by molar-refractivity contribution is -0.123. The molecule has 23 heavy (non-hydrogen) atoms. The Morgan fingerprint density at radius 1 is 1.30 bits per heavy atom. The lowest BCUT2D eigenvalue weighted by atomic mass is 9.85. The van der Waals surface area contributed by atoms with Gasteiger partial charge >= 0.3 is 5.69 Å². The Balaban J connectivity index is 1.54. The fourth-order valence-corrected chi connectivity index (χ4v) is 3.06. The van der Waals surface area contributed by atoms with Crippen LogP contribution in [-0.4, -0.2) is 37.3 Å². The van der Waals surface area contributed by atoms with Gasteiger partial charge in [0, 0.05) is 19.2 Å². The second kappa shape index (κ2) is 6.54. The smallest absolute Gasteiger partial charge is 0.350 e. The molecule has 0 aliphatic heterocycles. The van der Waals surface area contributed by atoms with Crippen LogP contribution in [0.1, 0.15) is 38.5 Å². The van der Waals surface area contributed by atoms with E-state index in [1.807, 2.05) is 6.07 Å². The van der Waals surface area contributed by atoms with Gasteiger partial charge in [0.2, 0.25) is 5.91 Å². The number of amides is 1. The van der Waals surface area contributed by atoms with Crippen LogP contribution in [0.4, 0.5) is 0 Å². The van der Waals surface area contributed by atoms with Crippen LogP contribution in [0.3, 0.4) is 0 Å². The highest BCUT2D eigenvalue weighted by Gasteiger charge is 2.29. The summed E-state index contributed by atoms with van der Waals surface area (Å²) in [5, 5.41) is 17.3. The fourth-order valence-electron chi connectivity index (χ4n) is 3.06. The van der Waals surface area contributed by atoms with E-state index in [1.54, 1.807) is 18.3 Å². The van der Waals surface area contributed by atoms with Gasteiger partial charge in [-0.3, -0.25) is 9.20 Å². The number of aryl methyl sites for hydroxylation is 1. The molecule has 7 nitrogen and oxygen atoms in total. The second-order valence-electron chi connectivity index (χ2n) is 6.25. The number of aromatic nitrogens is 3. The van der Waals surface area contributed by atoms with Gasteiger partial charge in [0.25, 0.3) is 0 Å². The molecule has 1 aliphatic rings. The van der Waals surface area contributed by atoms with E-state index in [9.17, 15) is 14.7 Å². The molecule has 1 aliphatic carbocycles. The Hall–Kier alpha value is -2.15. The summed E-state index contributed by atoms with van der Waals surface area (Å²) in [5.74, 6) is -0.173. The van der Waals surface area contributed by atoms with E-state index in [2.05, 4.69) is 10.4 Å². The zero-order chi connectivity index (χ0) is 16.3. The van der Waals surface area contributed by atoms with Crippen LogP contribution in [0, 0.1) is 0 Å². The van der Waals surface area contributed by atoms with Crippen LogP contribution in [0.15, 0.2) is 29.2 Å². The van der Waals surface area contributed by atoms with Gasteiger partial charge in [0.05, 0.1) is 12.1 Å². The van der Waals surface area contributed by atoms with Crippen molar-refractivity contribution in [2.75, 3.05) is 6.54 Å². The third-order valence-electron chi connectivity index (χ3n) is 4.44. The number of pyridine rings is 1. The zero-order valence-corrected chi connectivity index (χ0v) is 13.1. The molecule has 2 heterocycles. The largest absolute Gasteiger partial charge is 0.388 e. The lowest BCUT2D eigenvalue weighted by Crippen LogP contribution is -2.44. The van der Waals surface area contributed by atoms with Crippen molar-refractivity contribution in [3.05, 3.63) is 34.9 Å². The summed E-state index contributed by atoms with van der Waals surface area (Å²) < 4.78 is 2.74. The van der Waals surface area contributed by atoms with E-state index in [4.69, 9.17) is 0 Å². The minimum Gasteiger partial charge on any atom is -0.388 e. The first-order chi connectivity index (χ1) is 11.1. The standard InChI is InChI=1S/C16H22N4O3/c21-14(17-12-16(23)8-3-1-4-9-16)7-11-20-15(22)19-10-5-2-6-13(19)18-20/h2,5-6,10,23H,1,3-4,7-9,11-12H2,(H,17,21). The van der Waals surface area contributed by atoms with Gasteiger partial charge < -0.3 is 10.4 Å². The molecule has 124 valence electrons. The van der Waals surface area contributed by atoms with Crippen molar-refractivity contribution in [1.29, 1.82) is 0 Å². The number of rotatable bonds is 5. The highest BCUT2D eigenvalue weighted by atomic mass is 16.3. The van der Waals surface area contributed by atoms with Crippen molar-refractivity contribution in [2.24, 2.45) is 0 Å². The van der Waals surface area contributed by atoms with Crippen LogP contribution in [0.25, 0.3) is 5.65 Å². The van der Waals surface area contributed by atoms with Gasteiger partial charge in [-0.05, 0) is 25.0 Å². The summed E-state index contributed by atoms with van der Waals surface area (Å²) >= 11 is 0. The Kier molecular flexibility index (Phi) is 4.47. The molecule has 0 radical (unpaired) electrons. The van der Waals surface area contributed by atoms with Gasteiger partial charge in [0.15, 0.2) is 5.65 Å². The van der Waals surface area contributed by atoms with Crippen LogP contribution in [0.5, 0.6) is 0 Å². The number of fused-ring (bicyclic) bond motifs is 1. The molecule has 0 unspecified atom stereocenters. The molecule has 3 rings (SSSR count). The summed E-state index contributed by atoms with van der Waals surface area (Å²) in [4.78, 5) is 24.0. The molecule has 0 spiro atoms. The molecule has 1 fully saturated rings. The van der Waals surface area contributed by atoms with Gasteiger partial charge in [-0.15, -0.1) is 5.10 Å². The van der Waals surface area contributed by atoms with Crippen LogP contribution >= 0.6 is 0 Å². The summed E-state index contributed by atoms with van der Waals surface area (Å²) in [6.07, 6.45) is 6.44. The lowest BCUT2D eigenvalue weighted by Gasteiger charge is -2.32. The van der Waals surface area contributed by atoms with Gasteiger partial charge in [-0.1, -0.05) is 25.3 Å². The molecule has 0 saturated heterocycles. The monoisotopic (exact) mass is 318 g/mol. The molecule has 2 N–H and O–H groups in total. The quantitative estimate of drug-likeness (QED) is 0.849. The maximum Gasteiger partial charge on any atom is 0.350 e. The Labute approximate surface area is 133 Å². The van der Waals surface area contributed by atoms with Crippen molar-refractivity contribution >= 4 is 11.6 Å². The number of carbonyl (C=O) groups excluding carboxylic acids is 1. The molecule has 1 amide bonds. The van der Waals surface area contributed by atoms with E-state index in [-0.39, 0.29) is 31.1 Å². The van der Waals surface area contributed by atoms with Gasteiger partial charge in [-0.25, -0.2) is 9.48 Å². The average Bonchev–Trinajstić information content (AvgIpc) is 2.88. The third kappa shape index (κ3) is 3.61. The minimum absolute atomic E-state index is 0.167. The molecule has 0 atom stereocenters. The highest BCUT2D eigenvalue weighted by Crippen LogP contribution is 2.27. The van der Waals surface area contributed by atoms with Gasteiger partial charge in [-0.2, -0.15) is 0 Å². The van der Waals surface area contributed by atoms with Crippen molar-refractivity contribution in [3.63, 3.8) is 0 Å². The second-order valence-corrected chi connectivity index (χ2v) is 6.25. The number of carbonyl (C=O) groups is 1. The predicted octanol–water partition coefficient (Wildman–Crippen LogP) is 0.697. The number of nitrogens with one attached hydrogen (secondary N) is 1. The molecule has 7 heteroatoms. The molecular weight excluding hydrogens is 296 g/mol. The maximum absolute atomic E-state index is 12.1. The van der Waals surface area contributed by atoms with E-state index < -0.39 is 5.60 Å². The fraction of sp³-hybridized carbons (Fsp3) is 0.562. The predicted molar refractivity (Wildman–Crippen MR) is 85.1 cm³/mol. The number of hydrogen-bond donors (Lipinski definition) is 2. The zero-order valence-electron chi connectivity index (χ0n) is 13.1. The van der Waals surface area contributed by atoms with Crippen molar-refractivity contribution in [3.8, 4) is 0 Å². The Morgan fingerprint density at radius 3 is 2.83 bits per heavy atom. The van der Waals surface area contributed by atoms with E-state index in [1.165, 1.54) is 9.08 Å². The first kappa shape index (κ1) is 15.7. The van der Waals surface area contributed by atoms with E-state index in [0.29, 0.717) is 5.65 Å². The maximum atomic E-state index is 12.1. The van der Waals surface area contributed by atoms with Crippen LogP contribution < -0.4 is 11.0 Å². The summed E-state index contributed by atoms with van der Waals surface area (Å²) in [6.45, 7) is 0.511. The number of aliphatic hydroxyl groups is 1. The van der Waals surface area contributed by atoms with E-state index >= 15 is 0 Å². The molecular formula is C16H22N4O3. The first-order valence-electron chi connectivity index (χ1n) is 8.11. The minimum atomic E-state index is -0.770. The normalized spacial score (nSPS) is 17.3. The number of hydrogen-bond acceptors (Lipinski definition) is 4. The number of nitrogens with zero attached hydrogens (tertiary/aromatic N) is 3. The highest BCUT2D eigenvalue weighted by molar-refractivity contribution is 5.75. The molecule has 0 aromatic carbocycles. The van der Waals surface area contributed by atoms with Crippen LogP contribution in [0.2, 0.25) is 0 Å². The Bertz CT molecular complexity index is 743. The molecule has 1 saturated carbocycles. The molecule has 2 aromatic rings. The summed E-state index contributed by atoms with van der Waals surface area (Å²) in [7, 11) is 0. The van der Waals surface area contributed by atoms with Crippen LogP contribution in [-0.2, 0) is 11.3 Å². The van der Waals surface area contributed by atoms with Gasteiger partial charge in [0.1, 0.15) is 0 Å². The molecule has 0 bridgehead atoms. The van der Waals surface area contributed by atoms with Crippen molar-refractivity contribution < 1.29 is 9.90 Å². The average molecular weight is 318 g/mol. The topological polar surface area (TPSA) is 88.6 Å². The summed E-state index contributed by atoms with van der Waals surface area (Å²) in [5.41, 5.74) is -0.456. The SMILES string of the molecule is O=C(CCn1nc2ccccn2c1=O)NCC1(O)CCCCC1. The Morgan fingerprint density at radius 2 is 2.09 bits per heavy atom. The third-order valence-corrected chi connectivity index (χ3v) is 4.44. The van der Waals surface area contributed by atoms with Crippen molar-refractivity contribution in [1.82, 2.24) is 19.5 Å².